The van der Waals surface area contributed by atoms with E-state index in [4.69, 9.17) is 5.11 Å². The molecule has 2 rings (SSSR count). The van der Waals surface area contributed by atoms with E-state index in [1.807, 2.05) is 0 Å². The standard InChI is InChI=1S/C17H32O2Si/c1-2-3-4-11-20-12-9-15(10-13-20)14-5-7-16(8-6-14)17(18)19/h14-16,20H,2-13H2,1H3,(H,18,19). The highest BCUT2D eigenvalue weighted by molar-refractivity contribution is 6.58. The molecule has 1 aliphatic heterocycles. The third-order valence-electron chi connectivity index (χ3n) is 5.90. The Kier molecular flexibility index (Phi) is 6.59. The van der Waals surface area contributed by atoms with Gasteiger partial charge in [0.05, 0.1) is 5.92 Å². The summed E-state index contributed by atoms with van der Waals surface area (Å²) in [6, 6.07) is 4.74. The number of hydrogen-bond donors (Lipinski definition) is 1. The molecule has 116 valence electrons. The molecule has 0 amide bonds. The molecule has 2 nitrogen and oxygen atoms in total. The number of rotatable bonds is 6. The van der Waals surface area contributed by atoms with Crippen molar-refractivity contribution in [3.8, 4) is 0 Å². The molecular weight excluding hydrogens is 264 g/mol. The van der Waals surface area contributed by atoms with Crippen LogP contribution in [0.4, 0.5) is 0 Å². The van der Waals surface area contributed by atoms with Crippen molar-refractivity contribution >= 4 is 14.8 Å². The van der Waals surface area contributed by atoms with Gasteiger partial charge in [0.1, 0.15) is 0 Å². The largest absolute Gasteiger partial charge is 0.481 e. The summed E-state index contributed by atoms with van der Waals surface area (Å²) in [7, 11) is -0.373. The first-order chi connectivity index (χ1) is 9.70. The van der Waals surface area contributed by atoms with Crippen LogP contribution in [0.5, 0.6) is 0 Å². The molecule has 0 atom stereocenters. The summed E-state index contributed by atoms with van der Waals surface area (Å²) in [5.41, 5.74) is 0. The second-order valence-electron chi connectivity index (χ2n) is 7.23. The zero-order valence-electron chi connectivity index (χ0n) is 13.2. The van der Waals surface area contributed by atoms with Crippen molar-refractivity contribution in [3.63, 3.8) is 0 Å². The zero-order valence-corrected chi connectivity index (χ0v) is 14.3. The number of carbonyl (C=O) groups is 1. The molecule has 2 fully saturated rings. The maximum absolute atomic E-state index is 11.0. The van der Waals surface area contributed by atoms with Crippen LogP contribution >= 0.6 is 0 Å². The average molecular weight is 297 g/mol. The van der Waals surface area contributed by atoms with Crippen LogP contribution in [0.3, 0.4) is 0 Å². The molecule has 1 saturated heterocycles. The predicted octanol–water partition coefficient (Wildman–Crippen LogP) is 4.70. The van der Waals surface area contributed by atoms with Crippen molar-refractivity contribution in [3.05, 3.63) is 0 Å². The Morgan fingerprint density at radius 3 is 2.15 bits per heavy atom. The van der Waals surface area contributed by atoms with Gasteiger partial charge in [0.25, 0.3) is 0 Å². The second-order valence-corrected chi connectivity index (χ2v) is 10.7. The van der Waals surface area contributed by atoms with Gasteiger partial charge in [-0.1, -0.05) is 57.2 Å². The minimum Gasteiger partial charge on any atom is -0.481 e. The van der Waals surface area contributed by atoms with E-state index in [-0.39, 0.29) is 14.7 Å². The van der Waals surface area contributed by atoms with E-state index in [2.05, 4.69) is 6.92 Å². The molecule has 0 aromatic carbocycles. The van der Waals surface area contributed by atoms with Gasteiger partial charge in [0.15, 0.2) is 0 Å². The summed E-state index contributed by atoms with van der Waals surface area (Å²) in [6.07, 6.45) is 11.5. The van der Waals surface area contributed by atoms with Crippen molar-refractivity contribution in [2.45, 2.75) is 82.8 Å². The first kappa shape index (κ1) is 16.1. The number of carboxylic acids is 1. The Hall–Kier alpha value is -0.313. The van der Waals surface area contributed by atoms with Crippen LogP contribution in [0.2, 0.25) is 18.1 Å². The molecule has 1 aliphatic carbocycles. The van der Waals surface area contributed by atoms with Crippen LogP contribution in [0.15, 0.2) is 0 Å². The fraction of sp³-hybridized carbons (Fsp3) is 0.941. The maximum Gasteiger partial charge on any atom is 0.306 e. The van der Waals surface area contributed by atoms with Crippen molar-refractivity contribution in [2.75, 3.05) is 0 Å². The monoisotopic (exact) mass is 296 g/mol. The Balaban J connectivity index is 1.65. The van der Waals surface area contributed by atoms with E-state index in [0.29, 0.717) is 0 Å². The lowest BCUT2D eigenvalue weighted by molar-refractivity contribution is -0.143. The summed E-state index contributed by atoms with van der Waals surface area (Å²) in [4.78, 5) is 11.0. The summed E-state index contributed by atoms with van der Waals surface area (Å²) < 4.78 is 0. The van der Waals surface area contributed by atoms with E-state index in [1.165, 1.54) is 44.9 Å². The van der Waals surface area contributed by atoms with E-state index < -0.39 is 5.97 Å². The molecule has 0 unspecified atom stereocenters. The fourth-order valence-electron chi connectivity index (χ4n) is 4.47. The first-order valence-corrected chi connectivity index (χ1v) is 11.4. The minimum atomic E-state index is -0.560. The molecule has 0 spiro atoms. The third-order valence-corrected chi connectivity index (χ3v) is 9.42. The molecule has 1 saturated carbocycles. The Labute approximate surface area is 126 Å². The molecule has 3 heteroatoms. The molecule has 20 heavy (non-hydrogen) atoms. The normalized spacial score (nSPS) is 34.9. The van der Waals surface area contributed by atoms with Crippen LogP contribution in [-0.4, -0.2) is 19.9 Å². The highest BCUT2D eigenvalue weighted by Crippen LogP contribution is 2.41. The topological polar surface area (TPSA) is 37.3 Å². The van der Waals surface area contributed by atoms with Gasteiger partial charge in [0.2, 0.25) is 0 Å². The molecule has 1 N–H and O–H groups in total. The van der Waals surface area contributed by atoms with Gasteiger partial charge in [-0.25, -0.2) is 0 Å². The van der Waals surface area contributed by atoms with Gasteiger partial charge in [-0.15, -0.1) is 0 Å². The highest BCUT2D eigenvalue weighted by Gasteiger charge is 2.32. The lowest BCUT2D eigenvalue weighted by Crippen LogP contribution is -2.30. The van der Waals surface area contributed by atoms with Crippen LogP contribution in [0.1, 0.15) is 64.7 Å². The fourth-order valence-corrected chi connectivity index (χ4v) is 8.00. The lowest BCUT2D eigenvalue weighted by Gasteiger charge is -2.36. The quantitative estimate of drug-likeness (QED) is 0.569. The van der Waals surface area contributed by atoms with Crippen molar-refractivity contribution in [2.24, 2.45) is 17.8 Å². The minimum absolute atomic E-state index is 0.0361. The van der Waals surface area contributed by atoms with Crippen molar-refractivity contribution in [1.82, 2.24) is 0 Å². The van der Waals surface area contributed by atoms with Gasteiger partial charge >= 0.3 is 5.97 Å². The molecular formula is C17H32O2Si. The zero-order chi connectivity index (χ0) is 14.4. The molecule has 0 radical (unpaired) electrons. The first-order valence-electron chi connectivity index (χ1n) is 8.93. The summed E-state index contributed by atoms with van der Waals surface area (Å²) >= 11 is 0. The van der Waals surface area contributed by atoms with Gasteiger partial charge in [-0.05, 0) is 37.5 Å². The van der Waals surface area contributed by atoms with Gasteiger partial charge in [-0.3, -0.25) is 4.79 Å². The number of carboxylic acid groups (broad SMARTS) is 1. The van der Waals surface area contributed by atoms with E-state index in [1.54, 1.807) is 18.1 Å². The van der Waals surface area contributed by atoms with Crippen LogP contribution in [-0.2, 0) is 4.79 Å². The SMILES string of the molecule is CCCCC[SiH]1CCC(C2CCC(C(=O)O)CC2)CC1. The smallest absolute Gasteiger partial charge is 0.306 e. The number of aliphatic carboxylic acids is 1. The second kappa shape index (κ2) is 8.21. The van der Waals surface area contributed by atoms with Crippen LogP contribution in [0, 0.1) is 17.8 Å². The summed E-state index contributed by atoms with van der Waals surface area (Å²) in [6.45, 7) is 2.30. The molecule has 2 aliphatic rings. The average Bonchev–Trinajstić information content (AvgIpc) is 2.48. The molecule has 0 aromatic rings. The van der Waals surface area contributed by atoms with Crippen molar-refractivity contribution < 1.29 is 9.90 Å². The van der Waals surface area contributed by atoms with Crippen LogP contribution in [0.25, 0.3) is 0 Å². The van der Waals surface area contributed by atoms with Crippen LogP contribution < -0.4 is 0 Å². The predicted molar refractivity (Wildman–Crippen MR) is 86.9 cm³/mol. The summed E-state index contributed by atoms with van der Waals surface area (Å²) in [5.74, 6) is 1.21. The molecule has 0 aromatic heterocycles. The van der Waals surface area contributed by atoms with E-state index in [0.717, 1.165) is 24.7 Å². The highest BCUT2D eigenvalue weighted by atomic mass is 28.3. The maximum atomic E-state index is 11.0. The van der Waals surface area contributed by atoms with Crippen molar-refractivity contribution in [1.29, 1.82) is 0 Å². The Morgan fingerprint density at radius 2 is 1.60 bits per heavy atom. The Bertz CT molecular complexity index is 289. The van der Waals surface area contributed by atoms with E-state index in [9.17, 15) is 4.79 Å². The van der Waals surface area contributed by atoms with E-state index >= 15 is 0 Å². The van der Waals surface area contributed by atoms with Gasteiger partial charge in [0, 0.05) is 8.80 Å². The van der Waals surface area contributed by atoms with Gasteiger partial charge in [-0.2, -0.15) is 0 Å². The summed E-state index contributed by atoms with van der Waals surface area (Å²) in [5, 5.41) is 9.08. The lowest BCUT2D eigenvalue weighted by atomic mass is 9.74. The Morgan fingerprint density at radius 1 is 1.00 bits per heavy atom. The number of unbranched alkanes of at least 4 members (excludes halogenated alkanes) is 2. The molecule has 1 heterocycles. The van der Waals surface area contributed by atoms with Gasteiger partial charge < -0.3 is 5.11 Å². The number of hydrogen-bond acceptors (Lipinski definition) is 1. The third kappa shape index (κ3) is 4.61. The molecule has 0 bridgehead atoms.